The summed E-state index contributed by atoms with van der Waals surface area (Å²) in [6, 6.07) is 7.35. The van der Waals surface area contributed by atoms with Crippen LogP contribution < -0.4 is 21.3 Å². The molecule has 2 aromatic rings. The van der Waals surface area contributed by atoms with Crippen LogP contribution in [0.25, 0.3) is 0 Å². The molecule has 1 amide bonds. The number of carbonyl (C=O) groups is 1. The molecule has 0 atom stereocenters. The Balaban J connectivity index is 1.70. The van der Waals surface area contributed by atoms with Gasteiger partial charge in [-0.25, -0.2) is 4.98 Å². The number of pyridine rings is 1. The molecule has 1 saturated carbocycles. The Labute approximate surface area is 165 Å². The zero-order chi connectivity index (χ0) is 19.9. The van der Waals surface area contributed by atoms with E-state index in [0.717, 1.165) is 37.3 Å². The molecule has 2 aromatic heterocycles. The van der Waals surface area contributed by atoms with Gasteiger partial charge in [-0.15, -0.1) is 10.2 Å². The summed E-state index contributed by atoms with van der Waals surface area (Å²) >= 11 is 0. The molecule has 0 spiro atoms. The largest absolute Gasteiger partial charge is 0.369 e. The number of nitrogens with two attached hydrogens (primary N) is 1. The minimum atomic E-state index is -0.244. The van der Waals surface area contributed by atoms with E-state index in [1.807, 2.05) is 37.2 Å². The summed E-state index contributed by atoms with van der Waals surface area (Å²) < 4.78 is 0. The third kappa shape index (κ3) is 5.39. The van der Waals surface area contributed by atoms with Crippen molar-refractivity contribution in [1.29, 1.82) is 0 Å². The maximum Gasteiger partial charge on any atom is 0.260 e. The number of nitrogens with zero attached hydrogens (tertiary/aromatic N) is 4. The SMILES string of the molecule is CN(C)c1ccc(NC(=O)c2ccc(C3CC3)nc2NCCCCCN)nn1. The third-order valence-electron chi connectivity index (χ3n) is 4.68. The highest BCUT2D eigenvalue weighted by Gasteiger charge is 2.26. The van der Waals surface area contributed by atoms with Crippen LogP contribution in [0.15, 0.2) is 24.3 Å². The van der Waals surface area contributed by atoms with Gasteiger partial charge in [0.2, 0.25) is 0 Å². The van der Waals surface area contributed by atoms with Crippen LogP contribution in [0.4, 0.5) is 17.5 Å². The van der Waals surface area contributed by atoms with Gasteiger partial charge in [0.1, 0.15) is 5.82 Å². The average molecular weight is 384 g/mol. The fraction of sp³-hybridized carbons (Fsp3) is 0.500. The minimum Gasteiger partial charge on any atom is -0.369 e. The van der Waals surface area contributed by atoms with Gasteiger partial charge in [0.05, 0.1) is 5.56 Å². The summed E-state index contributed by atoms with van der Waals surface area (Å²) in [5, 5.41) is 14.3. The molecule has 0 aromatic carbocycles. The molecule has 3 rings (SSSR count). The summed E-state index contributed by atoms with van der Waals surface area (Å²) in [6.45, 7) is 1.47. The van der Waals surface area contributed by atoms with Gasteiger partial charge in [0.25, 0.3) is 5.91 Å². The van der Waals surface area contributed by atoms with Gasteiger partial charge in [-0.3, -0.25) is 4.79 Å². The summed E-state index contributed by atoms with van der Waals surface area (Å²) in [4.78, 5) is 19.4. The predicted molar refractivity (Wildman–Crippen MR) is 112 cm³/mol. The molecule has 0 aliphatic heterocycles. The number of nitrogens with one attached hydrogen (secondary N) is 2. The van der Waals surface area contributed by atoms with E-state index in [0.29, 0.717) is 29.7 Å². The molecule has 0 bridgehead atoms. The second-order valence-corrected chi connectivity index (χ2v) is 7.31. The number of unbranched alkanes of at least 4 members (excludes halogenated alkanes) is 2. The van der Waals surface area contributed by atoms with Crippen molar-refractivity contribution in [3.05, 3.63) is 35.5 Å². The van der Waals surface area contributed by atoms with Crippen LogP contribution in [0.5, 0.6) is 0 Å². The predicted octanol–water partition coefficient (Wildman–Crippen LogP) is 2.61. The van der Waals surface area contributed by atoms with Crippen LogP contribution in [-0.2, 0) is 0 Å². The van der Waals surface area contributed by atoms with Gasteiger partial charge in [-0.05, 0) is 56.5 Å². The Hall–Kier alpha value is -2.74. The number of hydrogen-bond donors (Lipinski definition) is 3. The van der Waals surface area contributed by atoms with Crippen molar-refractivity contribution in [3.8, 4) is 0 Å². The molecular formula is C20H29N7O. The Bertz CT molecular complexity index is 788. The number of rotatable bonds is 10. The zero-order valence-corrected chi connectivity index (χ0v) is 16.6. The molecule has 1 aliphatic carbocycles. The summed E-state index contributed by atoms with van der Waals surface area (Å²) in [5.74, 6) is 2.06. The topological polar surface area (TPSA) is 109 Å². The first kappa shape index (κ1) is 20.0. The van der Waals surface area contributed by atoms with Crippen LogP contribution >= 0.6 is 0 Å². The monoisotopic (exact) mass is 383 g/mol. The molecule has 150 valence electrons. The van der Waals surface area contributed by atoms with E-state index in [-0.39, 0.29) is 5.91 Å². The second kappa shape index (κ2) is 9.45. The van der Waals surface area contributed by atoms with Crippen molar-refractivity contribution in [1.82, 2.24) is 15.2 Å². The molecular weight excluding hydrogens is 354 g/mol. The first-order chi connectivity index (χ1) is 13.6. The van der Waals surface area contributed by atoms with Gasteiger partial charge in [-0.2, -0.15) is 0 Å². The Kier molecular flexibility index (Phi) is 6.76. The maximum absolute atomic E-state index is 12.8. The van der Waals surface area contributed by atoms with Crippen LogP contribution in [0.3, 0.4) is 0 Å². The van der Waals surface area contributed by atoms with Crippen molar-refractivity contribution in [2.75, 3.05) is 42.7 Å². The molecule has 28 heavy (non-hydrogen) atoms. The maximum atomic E-state index is 12.8. The van der Waals surface area contributed by atoms with Crippen LogP contribution in [0.2, 0.25) is 0 Å². The van der Waals surface area contributed by atoms with E-state index in [4.69, 9.17) is 10.7 Å². The quantitative estimate of drug-likeness (QED) is 0.541. The molecule has 8 nitrogen and oxygen atoms in total. The van der Waals surface area contributed by atoms with Gasteiger partial charge in [0, 0.05) is 32.3 Å². The summed E-state index contributed by atoms with van der Waals surface area (Å²) in [5.41, 5.74) is 7.11. The van der Waals surface area contributed by atoms with Crippen molar-refractivity contribution in [3.63, 3.8) is 0 Å². The Morgan fingerprint density at radius 3 is 2.61 bits per heavy atom. The number of aromatic nitrogens is 3. The van der Waals surface area contributed by atoms with E-state index in [1.165, 1.54) is 12.8 Å². The molecule has 1 aliphatic rings. The second-order valence-electron chi connectivity index (χ2n) is 7.31. The van der Waals surface area contributed by atoms with E-state index in [2.05, 4.69) is 20.8 Å². The molecule has 4 N–H and O–H groups in total. The number of anilines is 3. The van der Waals surface area contributed by atoms with Gasteiger partial charge in [-0.1, -0.05) is 6.42 Å². The summed E-state index contributed by atoms with van der Waals surface area (Å²) in [6.07, 6.45) is 5.39. The van der Waals surface area contributed by atoms with E-state index < -0.39 is 0 Å². The van der Waals surface area contributed by atoms with Gasteiger partial charge >= 0.3 is 0 Å². The average Bonchev–Trinajstić information content (AvgIpc) is 3.53. The van der Waals surface area contributed by atoms with E-state index in [9.17, 15) is 4.79 Å². The molecule has 1 fully saturated rings. The van der Waals surface area contributed by atoms with Crippen LogP contribution in [-0.4, -0.2) is 48.3 Å². The van der Waals surface area contributed by atoms with Crippen molar-refractivity contribution in [2.45, 2.75) is 38.0 Å². The first-order valence-electron chi connectivity index (χ1n) is 9.85. The zero-order valence-electron chi connectivity index (χ0n) is 16.6. The molecule has 0 radical (unpaired) electrons. The fourth-order valence-electron chi connectivity index (χ4n) is 2.87. The highest BCUT2D eigenvalue weighted by atomic mass is 16.1. The standard InChI is InChI=1S/C20H29N7O/c1-27(2)18-11-10-17(25-26-18)24-20(28)15-8-9-16(14-6-7-14)23-19(15)22-13-5-3-4-12-21/h8-11,14H,3-7,12-13,21H2,1-2H3,(H,22,23)(H,24,25,28). The van der Waals surface area contributed by atoms with Crippen LogP contribution in [0.1, 0.15) is 54.1 Å². The minimum absolute atomic E-state index is 0.244. The lowest BCUT2D eigenvalue weighted by atomic mass is 10.1. The van der Waals surface area contributed by atoms with Crippen molar-refractivity contribution < 1.29 is 4.79 Å². The molecule has 0 saturated heterocycles. The third-order valence-corrected chi connectivity index (χ3v) is 4.68. The van der Waals surface area contributed by atoms with Crippen molar-refractivity contribution >= 4 is 23.4 Å². The number of amides is 1. The van der Waals surface area contributed by atoms with Gasteiger partial charge in [0.15, 0.2) is 11.6 Å². The van der Waals surface area contributed by atoms with Crippen LogP contribution in [0, 0.1) is 0 Å². The fourth-order valence-corrected chi connectivity index (χ4v) is 2.87. The smallest absolute Gasteiger partial charge is 0.260 e. The van der Waals surface area contributed by atoms with Gasteiger partial charge < -0.3 is 21.3 Å². The molecule has 0 unspecified atom stereocenters. The van der Waals surface area contributed by atoms with E-state index >= 15 is 0 Å². The van der Waals surface area contributed by atoms with E-state index in [1.54, 1.807) is 6.07 Å². The lowest BCUT2D eigenvalue weighted by Gasteiger charge is -2.13. The lowest BCUT2D eigenvalue weighted by Crippen LogP contribution is -2.18. The lowest BCUT2D eigenvalue weighted by molar-refractivity contribution is 0.102. The Morgan fingerprint density at radius 2 is 1.96 bits per heavy atom. The summed E-state index contributed by atoms with van der Waals surface area (Å²) in [7, 11) is 3.78. The number of carbonyl (C=O) groups excluding carboxylic acids is 1. The number of hydrogen-bond acceptors (Lipinski definition) is 7. The normalized spacial score (nSPS) is 13.2. The highest BCUT2D eigenvalue weighted by molar-refractivity contribution is 6.07. The first-order valence-corrected chi connectivity index (χ1v) is 9.85. The molecule has 2 heterocycles. The van der Waals surface area contributed by atoms with Crippen molar-refractivity contribution in [2.24, 2.45) is 5.73 Å². The molecule has 8 heteroatoms. The highest BCUT2D eigenvalue weighted by Crippen LogP contribution is 2.39. The Morgan fingerprint density at radius 1 is 1.14 bits per heavy atom.